The van der Waals surface area contributed by atoms with Crippen LogP contribution in [0.2, 0.25) is 0 Å². The van der Waals surface area contributed by atoms with Crippen molar-refractivity contribution in [2.75, 3.05) is 4.72 Å². The van der Waals surface area contributed by atoms with Gasteiger partial charge in [-0.2, -0.15) is 0 Å². The second kappa shape index (κ2) is 6.59. The number of anilines is 1. The van der Waals surface area contributed by atoms with E-state index in [9.17, 15) is 18.0 Å². The van der Waals surface area contributed by atoms with Crippen LogP contribution in [0.5, 0.6) is 0 Å². The number of amides is 1. The van der Waals surface area contributed by atoms with Crippen LogP contribution in [0.15, 0.2) is 52.0 Å². The van der Waals surface area contributed by atoms with Crippen molar-refractivity contribution in [1.29, 1.82) is 0 Å². The number of pyridine rings is 1. The van der Waals surface area contributed by atoms with Gasteiger partial charge in [0, 0.05) is 36.2 Å². The molecular formula is C19H17N3O6S. The van der Waals surface area contributed by atoms with Crippen LogP contribution in [0.4, 0.5) is 5.69 Å². The Labute approximate surface area is 165 Å². The summed E-state index contributed by atoms with van der Waals surface area (Å²) in [5.41, 5.74) is 5.11. The number of rotatable bonds is 6. The Morgan fingerprint density at radius 2 is 1.90 bits per heavy atom. The lowest BCUT2D eigenvalue weighted by Gasteiger charge is -2.11. The molecule has 150 valence electrons. The first kappa shape index (κ1) is 18.9. The second-order valence-electron chi connectivity index (χ2n) is 6.80. The highest BCUT2D eigenvalue weighted by molar-refractivity contribution is 7.92. The van der Waals surface area contributed by atoms with Gasteiger partial charge in [-0.15, -0.1) is 0 Å². The molecule has 2 heterocycles. The molecule has 3 aromatic rings. The molecule has 1 aliphatic carbocycles. The smallest absolute Gasteiger partial charge is 0.375 e. The number of sulfonamides is 1. The highest BCUT2D eigenvalue weighted by atomic mass is 32.2. The SMILES string of the molecule is Cc1c(C(=O)OC2(C(N)=O)CC2)oc2ccc(S(=O)(=O)Nc3ccncc3)cc12. The lowest BCUT2D eigenvalue weighted by Crippen LogP contribution is -2.35. The summed E-state index contributed by atoms with van der Waals surface area (Å²) in [6.45, 7) is 1.61. The maximum atomic E-state index is 12.7. The van der Waals surface area contributed by atoms with Crippen LogP contribution >= 0.6 is 0 Å². The van der Waals surface area contributed by atoms with Crippen molar-refractivity contribution in [2.24, 2.45) is 5.73 Å². The molecule has 1 aromatic carbocycles. The van der Waals surface area contributed by atoms with Gasteiger partial charge in [0.15, 0.2) is 5.60 Å². The van der Waals surface area contributed by atoms with Crippen molar-refractivity contribution in [1.82, 2.24) is 4.98 Å². The molecule has 0 unspecified atom stereocenters. The lowest BCUT2D eigenvalue weighted by molar-refractivity contribution is -0.128. The predicted octanol–water partition coefficient (Wildman–Crippen LogP) is 2.11. The zero-order valence-electron chi connectivity index (χ0n) is 15.3. The molecule has 2 aromatic heterocycles. The van der Waals surface area contributed by atoms with Gasteiger partial charge in [0.1, 0.15) is 5.58 Å². The van der Waals surface area contributed by atoms with Crippen LogP contribution in [-0.2, 0) is 19.6 Å². The average Bonchev–Trinajstić information content (AvgIpc) is 3.39. The highest BCUT2D eigenvalue weighted by Crippen LogP contribution is 2.40. The molecule has 4 rings (SSSR count). The van der Waals surface area contributed by atoms with Crippen LogP contribution in [-0.4, -0.2) is 30.9 Å². The van der Waals surface area contributed by atoms with Gasteiger partial charge in [-0.3, -0.25) is 14.5 Å². The van der Waals surface area contributed by atoms with E-state index in [2.05, 4.69) is 9.71 Å². The first-order valence-corrected chi connectivity index (χ1v) is 10.2. The topological polar surface area (TPSA) is 142 Å². The van der Waals surface area contributed by atoms with Crippen LogP contribution in [0.1, 0.15) is 29.0 Å². The third-order valence-electron chi connectivity index (χ3n) is 4.78. The first-order valence-electron chi connectivity index (χ1n) is 8.71. The molecule has 0 spiro atoms. The number of carbonyl (C=O) groups excluding carboxylic acids is 2. The van der Waals surface area contributed by atoms with E-state index < -0.39 is 27.5 Å². The maximum absolute atomic E-state index is 12.7. The van der Waals surface area contributed by atoms with E-state index >= 15 is 0 Å². The fourth-order valence-electron chi connectivity index (χ4n) is 2.93. The molecular weight excluding hydrogens is 398 g/mol. The quantitative estimate of drug-likeness (QED) is 0.587. The fraction of sp³-hybridized carbons (Fsp3) is 0.211. The number of furan rings is 1. The van der Waals surface area contributed by atoms with Gasteiger partial charge in [-0.05, 0) is 37.3 Å². The second-order valence-corrected chi connectivity index (χ2v) is 8.49. The van der Waals surface area contributed by atoms with Crippen molar-refractivity contribution in [2.45, 2.75) is 30.3 Å². The lowest BCUT2D eigenvalue weighted by atomic mass is 10.1. The van der Waals surface area contributed by atoms with Crippen molar-refractivity contribution in [3.8, 4) is 0 Å². The standard InChI is InChI=1S/C19H17N3O6S/c1-11-14-10-13(29(25,26)22-12-4-8-21-9-5-12)2-3-15(14)27-16(11)17(23)28-19(6-7-19)18(20)24/h2-5,8-10H,6-7H2,1H3,(H2,20,24)(H,21,22). The Morgan fingerprint density at radius 3 is 2.52 bits per heavy atom. The minimum Gasteiger partial charge on any atom is -0.449 e. The number of aryl methyl sites for hydroxylation is 1. The monoisotopic (exact) mass is 415 g/mol. The van der Waals surface area contributed by atoms with Gasteiger partial charge in [0.25, 0.3) is 15.9 Å². The number of esters is 1. The number of hydrogen-bond donors (Lipinski definition) is 2. The molecule has 1 amide bonds. The van der Waals surface area contributed by atoms with Gasteiger partial charge in [-0.25, -0.2) is 13.2 Å². The normalized spacial score (nSPS) is 15.1. The van der Waals surface area contributed by atoms with Crippen LogP contribution in [0.3, 0.4) is 0 Å². The number of fused-ring (bicyclic) bond motifs is 1. The molecule has 9 nitrogen and oxygen atoms in total. The number of ether oxygens (including phenoxy) is 1. The minimum atomic E-state index is -3.86. The van der Waals surface area contributed by atoms with Crippen molar-refractivity contribution in [3.05, 3.63) is 54.0 Å². The van der Waals surface area contributed by atoms with E-state index in [-0.39, 0.29) is 10.7 Å². The molecule has 0 atom stereocenters. The summed E-state index contributed by atoms with van der Waals surface area (Å²) < 4.78 is 38.6. The maximum Gasteiger partial charge on any atom is 0.375 e. The summed E-state index contributed by atoms with van der Waals surface area (Å²) in [4.78, 5) is 27.7. The summed E-state index contributed by atoms with van der Waals surface area (Å²) in [6.07, 6.45) is 3.68. The van der Waals surface area contributed by atoms with E-state index in [1.54, 1.807) is 6.92 Å². The Bertz CT molecular complexity index is 1230. The number of carbonyl (C=O) groups is 2. The molecule has 0 aliphatic heterocycles. The largest absolute Gasteiger partial charge is 0.449 e. The third-order valence-corrected chi connectivity index (χ3v) is 6.16. The molecule has 0 bridgehead atoms. The van der Waals surface area contributed by atoms with Crippen molar-refractivity contribution < 1.29 is 27.2 Å². The van der Waals surface area contributed by atoms with E-state index in [1.165, 1.54) is 42.7 Å². The number of aromatic nitrogens is 1. The summed E-state index contributed by atoms with van der Waals surface area (Å²) in [6, 6.07) is 7.30. The summed E-state index contributed by atoms with van der Waals surface area (Å²) in [5.74, 6) is -1.60. The molecule has 10 heteroatoms. The third kappa shape index (κ3) is 3.42. The van der Waals surface area contributed by atoms with Crippen LogP contribution in [0, 0.1) is 6.92 Å². The Morgan fingerprint density at radius 1 is 1.21 bits per heavy atom. The molecule has 0 saturated heterocycles. The molecule has 3 N–H and O–H groups in total. The number of nitrogens with two attached hydrogens (primary N) is 1. The number of benzene rings is 1. The fourth-order valence-corrected chi connectivity index (χ4v) is 4.02. The van der Waals surface area contributed by atoms with Gasteiger partial charge in [0.05, 0.1) is 10.6 Å². The van der Waals surface area contributed by atoms with E-state index in [4.69, 9.17) is 14.9 Å². The van der Waals surface area contributed by atoms with Crippen LogP contribution in [0.25, 0.3) is 11.0 Å². The van der Waals surface area contributed by atoms with Gasteiger partial charge in [-0.1, -0.05) is 0 Å². The summed E-state index contributed by atoms with van der Waals surface area (Å²) in [5, 5.41) is 0.443. The van der Waals surface area contributed by atoms with E-state index in [0.717, 1.165) is 0 Å². The summed E-state index contributed by atoms with van der Waals surface area (Å²) >= 11 is 0. The van der Waals surface area contributed by atoms with Gasteiger partial charge in [0.2, 0.25) is 5.76 Å². The van der Waals surface area contributed by atoms with E-state index in [1.807, 2.05) is 0 Å². The highest BCUT2D eigenvalue weighted by Gasteiger charge is 2.53. The number of primary amides is 1. The molecule has 1 saturated carbocycles. The summed E-state index contributed by atoms with van der Waals surface area (Å²) in [7, 11) is -3.86. The molecule has 29 heavy (non-hydrogen) atoms. The molecule has 0 radical (unpaired) electrons. The Kier molecular flexibility index (Phi) is 4.30. The number of hydrogen-bond acceptors (Lipinski definition) is 7. The van der Waals surface area contributed by atoms with Crippen LogP contribution < -0.4 is 10.5 Å². The zero-order valence-corrected chi connectivity index (χ0v) is 16.2. The molecule has 1 aliphatic rings. The minimum absolute atomic E-state index is 0.00132. The predicted molar refractivity (Wildman–Crippen MR) is 103 cm³/mol. The van der Waals surface area contributed by atoms with Gasteiger partial charge < -0.3 is 14.9 Å². The Hall–Kier alpha value is -3.40. The Balaban J connectivity index is 1.66. The van der Waals surface area contributed by atoms with E-state index in [0.29, 0.717) is 35.1 Å². The number of nitrogens with one attached hydrogen (secondary N) is 1. The first-order chi connectivity index (χ1) is 13.7. The van der Waals surface area contributed by atoms with Crippen molar-refractivity contribution >= 4 is 38.6 Å². The number of nitrogens with zero attached hydrogens (tertiary/aromatic N) is 1. The average molecular weight is 415 g/mol. The molecule has 1 fully saturated rings. The zero-order chi connectivity index (χ0) is 20.8. The van der Waals surface area contributed by atoms with Gasteiger partial charge >= 0.3 is 5.97 Å². The van der Waals surface area contributed by atoms with Crippen molar-refractivity contribution in [3.63, 3.8) is 0 Å².